The van der Waals surface area contributed by atoms with Gasteiger partial charge in [-0.2, -0.15) is 26.3 Å². The maximum atomic E-state index is 14.8. The van der Waals surface area contributed by atoms with Crippen molar-refractivity contribution in [3.05, 3.63) is 126 Å². The largest absolute Gasteiger partial charge is 0.469 e. The quantitative estimate of drug-likeness (QED) is 0.155. The Morgan fingerprint density at radius 2 is 1.25 bits per heavy atom. The predicted molar refractivity (Wildman–Crippen MR) is 206 cm³/mol. The van der Waals surface area contributed by atoms with Gasteiger partial charge in [0.2, 0.25) is 0 Å². The molecule has 1 fully saturated rings. The molecule has 1 aromatic carbocycles. The first-order chi connectivity index (χ1) is 27.6. The summed E-state index contributed by atoms with van der Waals surface area (Å²) >= 11 is 0. The number of carbonyl (C=O) groups is 4. The fourth-order valence-corrected chi connectivity index (χ4v) is 7.85. The van der Waals surface area contributed by atoms with E-state index in [0.29, 0.717) is 68.6 Å². The number of likely N-dealkylation sites (tertiary alicyclic amines) is 1. The molecular formula is C43H35F6N5O5. The molecule has 0 atom stereocenters. The Kier molecular flexibility index (Phi) is 10.0. The van der Waals surface area contributed by atoms with Gasteiger partial charge in [-0.05, 0) is 123 Å². The smallest absolute Gasteiger partial charge is 0.416 e. The summed E-state index contributed by atoms with van der Waals surface area (Å²) in [7, 11) is 1.20. The van der Waals surface area contributed by atoms with Gasteiger partial charge in [0.1, 0.15) is 0 Å². The van der Waals surface area contributed by atoms with Gasteiger partial charge in [0.05, 0.1) is 81.6 Å². The third-order valence-electron chi connectivity index (χ3n) is 10.9. The van der Waals surface area contributed by atoms with E-state index in [-0.39, 0.29) is 64.2 Å². The number of rotatable bonds is 7. The molecule has 1 aromatic rings. The zero-order chi connectivity index (χ0) is 43.0. The van der Waals surface area contributed by atoms with E-state index >= 15 is 0 Å². The van der Waals surface area contributed by atoms with Crippen molar-refractivity contribution in [2.24, 2.45) is 20.0 Å². The van der Waals surface area contributed by atoms with Crippen LogP contribution in [0.1, 0.15) is 77.5 Å². The minimum Gasteiger partial charge on any atom is -0.469 e. The molecule has 0 radical (unpaired) electrons. The summed E-state index contributed by atoms with van der Waals surface area (Å²) < 4.78 is 88.4. The van der Waals surface area contributed by atoms with Gasteiger partial charge >= 0.3 is 18.3 Å². The third kappa shape index (κ3) is 7.03. The third-order valence-corrected chi connectivity index (χ3v) is 10.9. The number of ketones is 1. The molecule has 0 unspecified atom stereocenters. The minimum atomic E-state index is -5.18. The lowest BCUT2D eigenvalue weighted by Gasteiger charge is -2.30. The number of methoxy groups -OCH3 is 1. The number of ether oxygens (including phenoxy) is 1. The zero-order valence-corrected chi connectivity index (χ0v) is 32.8. The highest BCUT2D eigenvalue weighted by atomic mass is 19.4. The number of piperidine rings is 1. The molecule has 8 bridgehead atoms. The number of allylic oxidation sites excluding steroid dienone is 10. The topological polar surface area (TPSA) is 130 Å². The normalized spacial score (nSPS) is 19.4. The molecule has 2 amide bonds. The predicted octanol–water partition coefficient (Wildman–Crippen LogP) is 8.55. The molecular weight excluding hydrogens is 780 g/mol. The second-order valence-electron chi connectivity index (χ2n) is 14.6. The SMILES string of the molecule is CCC1=C(C)C2=CC3=NC(=CC4=NC(=C5C(=O)N(Cc6cc(C(F)(F)F)cc(C(F)(F)F)c6)C(=O)C6=C(C)C(=CC1=N2)N=C65)C(CCC(=O)OC)=C4C)C(C)=C3C(C)=O. The van der Waals surface area contributed by atoms with Crippen LogP contribution in [0.4, 0.5) is 26.3 Å². The fourth-order valence-electron chi connectivity index (χ4n) is 7.85. The van der Waals surface area contributed by atoms with Crippen molar-refractivity contribution in [2.45, 2.75) is 79.7 Å². The minimum absolute atomic E-state index is 0.0147. The van der Waals surface area contributed by atoms with Gasteiger partial charge in [-0.1, -0.05) is 6.92 Å². The molecule has 304 valence electrons. The summed E-state index contributed by atoms with van der Waals surface area (Å²) in [6.45, 7) is 9.22. The highest BCUT2D eigenvalue weighted by molar-refractivity contribution is 6.45. The van der Waals surface area contributed by atoms with E-state index in [9.17, 15) is 45.5 Å². The molecule has 6 aliphatic rings. The number of carbonyl (C=O) groups excluding carboxylic acids is 4. The van der Waals surface area contributed by atoms with E-state index in [1.54, 1.807) is 39.0 Å². The van der Waals surface area contributed by atoms with E-state index < -0.39 is 53.4 Å². The number of Topliss-reactive ketones (excluding diaryl/α,β-unsaturated/α-hetero) is 1. The van der Waals surface area contributed by atoms with Crippen LogP contribution in [0.5, 0.6) is 0 Å². The fraction of sp³-hybridized carbons (Fsp3) is 0.302. The van der Waals surface area contributed by atoms with Crippen LogP contribution in [0.2, 0.25) is 0 Å². The Balaban J connectivity index is 1.53. The Morgan fingerprint density at radius 1 is 0.695 bits per heavy atom. The average Bonchev–Trinajstić information content (AvgIpc) is 3.84. The lowest BCUT2D eigenvalue weighted by Crippen LogP contribution is -2.46. The van der Waals surface area contributed by atoms with Crippen LogP contribution in [0.15, 0.2) is 129 Å². The standard InChI is InChI=1S/C43H35F6N5O5/c1-8-26-18(2)28-16-33-35(22(6)55)20(4)30(51-33)14-29-19(3)27(9-10-34(56)59-7)38(52-29)37-39-36(21(5)31(53-39)15-32(26)50-28)40(57)54(41(37)58)17-23-11-24(42(44,45)46)13-25(12-23)43(47,48)49/h11-16H,8-10,17H2,1-7H3. The average molecular weight is 816 g/mol. The van der Waals surface area contributed by atoms with Crippen molar-refractivity contribution in [3.8, 4) is 0 Å². The van der Waals surface area contributed by atoms with Crippen LogP contribution in [0, 0.1) is 0 Å². The molecule has 0 aromatic heterocycles. The number of hydrogen-bond donors (Lipinski definition) is 0. The Hall–Kier alpha value is -6.32. The number of nitrogens with zero attached hydrogens (tertiary/aromatic N) is 5. The van der Waals surface area contributed by atoms with Gasteiger partial charge < -0.3 is 4.74 Å². The van der Waals surface area contributed by atoms with Crippen molar-refractivity contribution in [2.75, 3.05) is 7.11 Å². The maximum absolute atomic E-state index is 14.8. The van der Waals surface area contributed by atoms with Crippen LogP contribution in [0.3, 0.4) is 0 Å². The first kappa shape index (κ1) is 40.9. The lowest BCUT2D eigenvalue weighted by molar-refractivity contribution is -0.143. The summed E-state index contributed by atoms with van der Waals surface area (Å²) in [6, 6.07) is 0.888. The second-order valence-corrected chi connectivity index (χ2v) is 14.6. The van der Waals surface area contributed by atoms with Crippen molar-refractivity contribution in [1.29, 1.82) is 0 Å². The summed E-state index contributed by atoms with van der Waals surface area (Å²) in [4.78, 5) is 74.7. The van der Waals surface area contributed by atoms with Crippen LogP contribution < -0.4 is 0 Å². The maximum Gasteiger partial charge on any atom is 0.416 e. The number of halogens is 6. The number of fused-ring (bicyclic) bond motifs is 4. The van der Waals surface area contributed by atoms with Gasteiger partial charge in [0, 0.05) is 12.0 Å². The van der Waals surface area contributed by atoms with Crippen molar-refractivity contribution < 1.29 is 50.3 Å². The van der Waals surface area contributed by atoms with Gasteiger partial charge in [-0.15, -0.1) is 0 Å². The van der Waals surface area contributed by atoms with E-state index in [2.05, 4.69) is 0 Å². The van der Waals surface area contributed by atoms with Crippen LogP contribution >= 0.6 is 0 Å². The van der Waals surface area contributed by atoms with Crippen LogP contribution in [0.25, 0.3) is 0 Å². The molecule has 0 N–H and O–H groups in total. The van der Waals surface area contributed by atoms with Crippen molar-refractivity contribution in [1.82, 2.24) is 4.90 Å². The molecule has 6 aliphatic heterocycles. The number of alkyl halides is 6. The molecule has 0 aliphatic carbocycles. The van der Waals surface area contributed by atoms with E-state index in [0.717, 1.165) is 11.1 Å². The zero-order valence-electron chi connectivity index (χ0n) is 32.8. The Morgan fingerprint density at radius 3 is 1.85 bits per heavy atom. The van der Waals surface area contributed by atoms with Crippen molar-refractivity contribution >= 4 is 46.4 Å². The molecule has 10 nitrogen and oxygen atoms in total. The van der Waals surface area contributed by atoms with Gasteiger partial charge in [0.15, 0.2) is 5.78 Å². The van der Waals surface area contributed by atoms with Crippen molar-refractivity contribution in [3.63, 3.8) is 0 Å². The summed E-state index contributed by atoms with van der Waals surface area (Å²) in [5.41, 5.74) is 1.57. The number of esters is 1. The molecule has 7 rings (SSSR count). The molecule has 0 saturated carbocycles. The van der Waals surface area contributed by atoms with Gasteiger partial charge in [0.25, 0.3) is 11.8 Å². The van der Waals surface area contributed by atoms with Crippen LogP contribution in [-0.2, 0) is 42.8 Å². The number of amides is 2. The molecule has 1 saturated heterocycles. The Bertz CT molecular complexity index is 2600. The molecule has 16 heteroatoms. The first-order valence-electron chi connectivity index (χ1n) is 18.5. The van der Waals surface area contributed by atoms with Gasteiger partial charge in [-0.25, -0.2) is 20.0 Å². The number of hydrogen-bond acceptors (Lipinski definition) is 9. The van der Waals surface area contributed by atoms with Gasteiger partial charge in [-0.3, -0.25) is 24.1 Å². The summed E-state index contributed by atoms with van der Waals surface area (Å²) in [5, 5.41) is 0. The molecule has 0 spiro atoms. The number of imide groups is 1. The molecule has 6 heterocycles. The van der Waals surface area contributed by atoms with E-state index in [4.69, 9.17) is 24.7 Å². The highest BCUT2D eigenvalue weighted by Crippen LogP contribution is 2.43. The monoisotopic (exact) mass is 815 g/mol. The second kappa shape index (κ2) is 14.5. The van der Waals surface area contributed by atoms with Crippen LogP contribution in [-0.4, -0.2) is 58.4 Å². The first-order valence-corrected chi connectivity index (χ1v) is 18.5. The number of benzene rings is 1. The highest BCUT2D eigenvalue weighted by Gasteiger charge is 2.46. The summed E-state index contributed by atoms with van der Waals surface area (Å²) in [5.74, 6) is -2.92. The van der Waals surface area contributed by atoms with E-state index in [1.807, 2.05) is 13.8 Å². The Labute approximate surface area is 333 Å². The number of aliphatic imine (C=N–C) groups is 4. The lowest BCUT2D eigenvalue weighted by atomic mass is 9.88. The molecule has 59 heavy (non-hydrogen) atoms. The summed E-state index contributed by atoms with van der Waals surface area (Å²) in [6.07, 6.45) is -5.08. The van der Waals surface area contributed by atoms with E-state index in [1.165, 1.54) is 14.0 Å².